The molecule has 0 aromatic carbocycles. The molecule has 0 heterocycles. The van der Waals surface area contributed by atoms with Gasteiger partial charge in [0.25, 0.3) is 0 Å². The molecule has 0 aliphatic carbocycles. The van der Waals surface area contributed by atoms with E-state index >= 15 is 0 Å². The number of allylic oxidation sites excluding steroid dienone is 4. The second kappa shape index (κ2) is 44.0. The van der Waals surface area contributed by atoms with E-state index in [4.69, 9.17) is 19.3 Å². The summed E-state index contributed by atoms with van der Waals surface area (Å²) in [6.45, 7) is 8.40. The quantitative estimate of drug-likeness (QED) is 0.0480. The van der Waals surface area contributed by atoms with Gasteiger partial charge in [-0.25, -0.2) is 4.79 Å². The number of likely N-dealkylation sites (N-methyl/N-ethyl adjacent to an activating group) is 1. The second-order valence-electron chi connectivity index (χ2n) is 15.0. The lowest BCUT2D eigenvalue weighted by molar-refractivity contribution is -0.0468. The van der Waals surface area contributed by atoms with Gasteiger partial charge in [-0.15, -0.1) is 0 Å². The molecule has 0 bridgehead atoms. The number of nitrogens with zero attached hydrogens (tertiary/aromatic N) is 1. The maximum atomic E-state index is 12.3. The van der Waals surface area contributed by atoms with Gasteiger partial charge < -0.3 is 29.5 Å². The highest BCUT2D eigenvalue weighted by molar-refractivity contribution is 5.67. The van der Waals surface area contributed by atoms with Gasteiger partial charge in [0, 0.05) is 32.8 Å². The molecule has 52 heavy (non-hydrogen) atoms. The molecule has 0 aliphatic rings. The second-order valence-corrected chi connectivity index (χ2v) is 15.0. The van der Waals surface area contributed by atoms with Crippen LogP contribution in [0.2, 0.25) is 0 Å². The van der Waals surface area contributed by atoms with Gasteiger partial charge >= 0.3 is 6.09 Å². The average molecular weight is 737 g/mol. The van der Waals surface area contributed by atoms with Crippen LogP contribution in [-0.4, -0.2) is 81.9 Å². The lowest BCUT2D eigenvalue weighted by atomic mass is 10.1. The molecule has 0 aromatic rings. The van der Waals surface area contributed by atoms with Crippen LogP contribution in [0.3, 0.4) is 0 Å². The van der Waals surface area contributed by atoms with E-state index in [-0.39, 0.29) is 19.3 Å². The zero-order valence-corrected chi connectivity index (χ0v) is 34.9. The zero-order chi connectivity index (χ0) is 37.8. The summed E-state index contributed by atoms with van der Waals surface area (Å²) >= 11 is 0. The third-order valence-corrected chi connectivity index (χ3v) is 9.76. The van der Waals surface area contributed by atoms with Crippen molar-refractivity contribution in [3.05, 3.63) is 24.3 Å². The van der Waals surface area contributed by atoms with Crippen molar-refractivity contribution in [3.8, 4) is 0 Å². The molecule has 1 atom stereocenters. The van der Waals surface area contributed by atoms with E-state index < -0.39 is 6.09 Å². The summed E-state index contributed by atoms with van der Waals surface area (Å²) in [7, 11) is 1.91. The van der Waals surface area contributed by atoms with Crippen LogP contribution >= 0.6 is 0 Å². The van der Waals surface area contributed by atoms with Gasteiger partial charge in [0.1, 0.15) is 12.7 Å². The minimum atomic E-state index is -0.434. The summed E-state index contributed by atoms with van der Waals surface area (Å²) < 4.78 is 17.6. The maximum absolute atomic E-state index is 12.3. The van der Waals surface area contributed by atoms with Crippen LogP contribution in [0.5, 0.6) is 0 Å². The van der Waals surface area contributed by atoms with E-state index in [9.17, 15) is 4.79 Å². The molecule has 0 aliphatic heterocycles. The molecule has 0 saturated carbocycles. The van der Waals surface area contributed by atoms with E-state index in [1.165, 1.54) is 167 Å². The van der Waals surface area contributed by atoms with E-state index in [0.29, 0.717) is 32.8 Å². The van der Waals surface area contributed by atoms with E-state index in [1.54, 1.807) is 0 Å². The van der Waals surface area contributed by atoms with Gasteiger partial charge in [-0.1, -0.05) is 154 Å². The first-order valence-corrected chi connectivity index (χ1v) is 22.3. The van der Waals surface area contributed by atoms with E-state index in [2.05, 4.69) is 43.5 Å². The van der Waals surface area contributed by atoms with Gasteiger partial charge in [0.05, 0.1) is 13.2 Å². The molecular formula is C45H88N2O5. The minimum absolute atomic E-state index is 0.105. The van der Waals surface area contributed by atoms with Crippen molar-refractivity contribution in [2.75, 3.05) is 59.7 Å². The van der Waals surface area contributed by atoms with Crippen molar-refractivity contribution in [2.24, 2.45) is 0 Å². The highest BCUT2D eigenvalue weighted by Gasteiger charge is 2.13. The highest BCUT2D eigenvalue weighted by atomic mass is 16.6. The number of carbonyl (C=O) groups is 1. The topological polar surface area (TPSA) is 80.3 Å². The Bertz CT molecular complexity index is 762. The molecule has 0 aromatic heterocycles. The van der Waals surface area contributed by atoms with Crippen LogP contribution in [0.4, 0.5) is 4.79 Å². The van der Waals surface area contributed by atoms with E-state index in [0.717, 1.165) is 19.4 Å². The summed E-state index contributed by atoms with van der Waals surface area (Å²) in [5.41, 5.74) is 0. The van der Waals surface area contributed by atoms with Crippen LogP contribution in [0.1, 0.15) is 194 Å². The summed E-state index contributed by atoms with van der Waals surface area (Å²) in [6.07, 6.45) is 45.0. The number of amides is 1. The van der Waals surface area contributed by atoms with Crippen molar-refractivity contribution >= 4 is 6.09 Å². The smallest absolute Gasteiger partial charge is 0.407 e. The number of rotatable bonds is 42. The molecule has 0 fully saturated rings. The largest absolute Gasteiger partial charge is 0.447 e. The number of hydrogen-bond acceptors (Lipinski definition) is 6. The summed E-state index contributed by atoms with van der Waals surface area (Å²) in [6, 6.07) is 0. The molecule has 308 valence electrons. The zero-order valence-electron chi connectivity index (χ0n) is 34.9. The Morgan fingerprint density at radius 1 is 0.577 bits per heavy atom. The molecule has 0 rings (SSSR count). The number of nitrogens with one attached hydrogen (secondary N) is 1. The fourth-order valence-electron chi connectivity index (χ4n) is 6.26. The molecule has 0 saturated heterocycles. The van der Waals surface area contributed by atoms with Gasteiger partial charge in [-0.05, 0) is 71.3 Å². The number of carbonyl (C=O) groups excluding carboxylic acids is 1. The predicted molar refractivity (Wildman–Crippen MR) is 223 cm³/mol. The lowest BCUT2D eigenvalue weighted by Gasteiger charge is -2.19. The van der Waals surface area contributed by atoms with E-state index in [1.807, 2.05) is 11.9 Å². The van der Waals surface area contributed by atoms with Crippen molar-refractivity contribution in [1.82, 2.24) is 10.2 Å². The normalized spacial score (nSPS) is 12.5. The predicted octanol–water partition coefficient (Wildman–Crippen LogP) is 12.1. The van der Waals surface area contributed by atoms with Crippen molar-refractivity contribution in [1.29, 1.82) is 0 Å². The van der Waals surface area contributed by atoms with Crippen LogP contribution in [0, 0.1) is 0 Å². The molecular weight excluding hydrogens is 649 g/mol. The first-order chi connectivity index (χ1) is 25.6. The maximum Gasteiger partial charge on any atom is 0.407 e. The van der Waals surface area contributed by atoms with Crippen molar-refractivity contribution in [3.63, 3.8) is 0 Å². The summed E-state index contributed by atoms with van der Waals surface area (Å²) in [5, 5.41) is 11.8. The molecule has 1 unspecified atom stereocenters. The van der Waals surface area contributed by atoms with Crippen LogP contribution in [-0.2, 0) is 14.2 Å². The number of alkyl carbamates (subject to hydrolysis) is 1. The average Bonchev–Trinajstić information content (AvgIpc) is 3.14. The number of hydrogen-bond donors (Lipinski definition) is 2. The fraction of sp³-hybridized carbons (Fsp3) is 0.889. The Labute approximate surface area is 323 Å². The first-order valence-electron chi connectivity index (χ1n) is 22.3. The third-order valence-electron chi connectivity index (χ3n) is 9.76. The molecule has 7 heteroatoms. The monoisotopic (exact) mass is 737 g/mol. The first kappa shape index (κ1) is 50.6. The summed E-state index contributed by atoms with van der Waals surface area (Å²) in [4.78, 5) is 14.2. The van der Waals surface area contributed by atoms with Gasteiger partial charge in [0.2, 0.25) is 0 Å². The third kappa shape index (κ3) is 41.3. The Kier molecular flexibility index (Phi) is 42.8. The van der Waals surface area contributed by atoms with Crippen LogP contribution in [0.15, 0.2) is 24.3 Å². The van der Waals surface area contributed by atoms with Gasteiger partial charge in [0.15, 0.2) is 0 Å². The Hall–Kier alpha value is -1.41. The van der Waals surface area contributed by atoms with Gasteiger partial charge in [-0.2, -0.15) is 0 Å². The number of aliphatic hydroxyl groups excluding tert-OH is 1. The SMILES string of the molecule is CCCCCCCC/C=C\CCCCCCCCOCC(COC(=O)NCCN(C)CCO)OCCCCCCCC/C=C\CCCCCCCC. The fourth-order valence-corrected chi connectivity index (χ4v) is 6.26. The number of unbranched alkanes of at least 4 members (excludes halogenated alkanes) is 24. The minimum Gasteiger partial charge on any atom is -0.447 e. The molecule has 0 spiro atoms. The standard InChI is InChI=1S/C45H88N2O5/c1-4-6-8-10-12-14-16-18-20-22-24-26-28-30-32-34-40-50-42-44(43-52-45(49)46-36-37-47(3)38-39-48)51-41-35-33-31-29-27-25-23-21-19-17-15-13-11-9-7-5-2/h18-21,44,48H,4-17,22-43H2,1-3H3,(H,46,49)/b20-18-,21-19-. The Morgan fingerprint density at radius 2 is 1.00 bits per heavy atom. The van der Waals surface area contributed by atoms with Crippen molar-refractivity contribution in [2.45, 2.75) is 200 Å². The van der Waals surface area contributed by atoms with Crippen LogP contribution in [0.25, 0.3) is 0 Å². The Balaban J connectivity index is 4.04. The highest BCUT2D eigenvalue weighted by Crippen LogP contribution is 2.12. The van der Waals surface area contributed by atoms with Crippen molar-refractivity contribution < 1.29 is 24.1 Å². The van der Waals surface area contributed by atoms with Gasteiger partial charge in [-0.3, -0.25) is 0 Å². The summed E-state index contributed by atoms with van der Waals surface area (Å²) in [5.74, 6) is 0. The van der Waals surface area contributed by atoms with Crippen LogP contribution < -0.4 is 5.32 Å². The molecule has 7 nitrogen and oxygen atoms in total. The number of ether oxygens (including phenoxy) is 3. The number of aliphatic hydroxyl groups is 1. The lowest BCUT2D eigenvalue weighted by Crippen LogP contribution is -2.36. The molecule has 0 radical (unpaired) electrons. The Morgan fingerprint density at radius 3 is 1.46 bits per heavy atom. The molecule has 1 amide bonds. The molecule has 2 N–H and O–H groups in total.